The topological polar surface area (TPSA) is 20.2 Å². The molecule has 0 aromatic heterocycles. The molecule has 0 aliphatic heterocycles. The molecular formula is C9H18O. The average Bonchev–Trinajstić information content (AvgIpc) is 2.70. The fraction of sp³-hybridized carbons (Fsp3) is 1.00. The van der Waals surface area contributed by atoms with Crippen LogP contribution in [-0.4, -0.2) is 11.2 Å². The van der Waals surface area contributed by atoms with E-state index in [4.69, 9.17) is 0 Å². The van der Waals surface area contributed by atoms with Crippen molar-refractivity contribution in [3.8, 4) is 0 Å². The SMILES string of the molecule is CCC(O)CC1(CC)CC1. The van der Waals surface area contributed by atoms with Crippen LogP contribution in [0.1, 0.15) is 46.0 Å². The fourth-order valence-electron chi connectivity index (χ4n) is 1.52. The average molecular weight is 142 g/mol. The Morgan fingerprint density at radius 3 is 2.30 bits per heavy atom. The quantitative estimate of drug-likeness (QED) is 0.638. The van der Waals surface area contributed by atoms with Gasteiger partial charge in [0.05, 0.1) is 6.10 Å². The minimum absolute atomic E-state index is 0.0394. The summed E-state index contributed by atoms with van der Waals surface area (Å²) in [6.45, 7) is 4.28. The van der Waals surface area contributed by atoms with Crippen molar-refractivity contribution in [2.75, 3.05) is 0 Å². The second kappa shape index (κ2) is 2.91. The van der Waals surface area contributed by atoms with E-state index in [0.29, 0.717) is 5.41 Å². The maximum atomic E-state index is 9.36. The van der Waals surface area contributed by atoms with Gasteiger partial charge in [0.15, 0.2) is 0 Å². The van der Waals surface area contributed by atoms with Crippen molar-refractivity contribution in [1.29, 1.82) is 0 Å². The van der Waals surface area contributed by atoms with Gasteiger partial charge in [0.1, 0.15) is 0 Å². The van der Waals surface area contributed by atoms with Crippen LogP contribution in [0.2, 0.25) is 0 Å². The number of hydrogen-bond donors (Lipinski definition) is 1. The lowest BCUT2D eigenvalue weighted by atomic mass is 9.95. The zero-order valence-electron chi connectivity index (χ0n) is 7.06. The predicted octanol–water partition coefficient (Wildman–Crippen LogP) is 2.34. The van der Waals surface area contributed by atoms with E-state index in [0.717, 1.165) is 12.8 Å². The molecule has 1 nitrogen and oxygen atoms in total. The Labute approximate surface area is 63.4 Å². The van der Waals surface area contributed by atoms with Crippen LogP contribution in [-0.2, 0) is 0 Å². The molecule has 0 amide bonds. The Balaban J connectivity index is 2.23. The molecule has 1 N–H and O–H groups in total. The molecule has 1 fully saturated rings. The van der Waals surface area contributed by atoms with E-state index in [-0.39, 0.29) is 6.10 Å². The van der Waals surface area contributed by atoms with Crippen molar-refractivity contribution in [2.24, 2.45) is 5.41 Å². The van der Waals surface area contributed by atoms with Crippen LogP contribution in [0.25, 0.3) is 0 Å². The van der Waals surface area contributed by atoms with Crippen molar-refractivity contribution in [1.82, 2.24) is 0 Å². The first-order valence-corrected chi connectivity index (χ1v) is 4.40. The first-order chi connectivity index (χ1) is 4.72. The van der Waals surface area contributed by atoms with Crippen LogP contribution in [0.3, 0.4) is 0 Å². The molecule has 0 bridgehead atoms. The number of aliphatic hydroxyl groups excluding tert-OH is 1. The van der Waals surface area contributed by atoms with Crippen LogP contribution < -0.4 is 0 Å². The summed E-state index contributed by atoms with van der Waals surface area (Å²) >= 11 is 0. The van der Waals surface area contributed by atoms with Gasteiger partial charge in [-0.1, -0.05) is 20.3 Å². The number of aliphatic hydroxyl groups is 1. The molecule has 0 heterocycles. The molecule has 10 heavy (non-hydrogen) atoms. The molecule has 1 heteroatoms. The van der Waals surface area contributed by atoms with Gasteiger partial charge in [-0.15, -0.1) is 0 Å². The molecule has 1 atom stereocenters. The van der Waals surface area contributed by atoms with Crippen molar-refractivity contribution < 1.29 is 5.11 Å². The molecule has 0 saturated heterocycles. The summed E-state index contributed by atoms with van der Waals surface area (Å²) in [6.07, 6.45) is 5.87. The molecule has 1 rings (SSSR count). The van der Waals surface area contributed by atoms with Gasteiger partial charge in [0.2, 0.25) is 0 Å². The van der Waals surface area contributed by atoms with Gasteiger partial charge in [-0.2, -0.15) is 0 Å². The molecule has 60 valence electrons. The van der Waals surface area contributed by atoms with E-state index in [2.05, 4.69) is 13.8 Å². The zero-order chi connectivity index (χ0) is 7.61. The monoisotopic (exact) mass is 142 g/mol. The van der Waals surface area contributed by atoms with Gasteiger partial charge in [0, 0.05) is 0 Å². The summed E-state index contributed by atoms with van der Waals surface area (Å²) in [5, 5.41) is 9.36. The van der Waals surface area contributed by atoms with Gasteiger partial charge in [-0.05, 0) is 31.1 Å². The normalized spacial score (nSPS) is 24.3. The minimum atomic E-state index is -0.0394. The maximum Gasteiger partial charge on any atom is 0.0543 e. The highest BCUT2D eigenvalue weighted by molar-refractivity contribution is 4.92. The summed E-state index contributed by atoms with van der Waals surface area (Å²) in [4.78, 5) is 0. The van der Waals surface area contributed by atoms with Gasteiger partial charge >= 0.3 is 0 Å². The second-order valence-electron chi connectivity index (χ2n) is 3.62. The van der Waals surface area contributed by atoms with Crippen molar-refractivity contribution >= 4 is 0 Å². The van der Waals surface area contributed by atoms with Crippen LogP contribution >= 0.6 is 0 Å². The van der Waals surface area contributed by atoms with Gasteiger partial charge in [-0.3, -0.25) is 0 Å². The molecule has 0 aromatic carbocycles. The highest BCUT2D eigenvalue weighted by Gasteiger charge is 2.41. The summed E-state index contributed by atoms with van der Waals surface area (Å²) in [7, 11) is 0. The molecule has 1 unspecified atom stereocenters. The minimum Gasteiger partial charge on any atom is -0.393 e. The lowest BCUT2D eigenvalue weighted by Gasteiger charge is -2.15. The summed E-state index contributed by atoms with van der Waals surface area (Å²) in [5.41, 5.74) is 0.565. The molecule has 1 aliphatic carbocycles. The maximum absolute atomic E-state index is 9.36. The van der Waals surface area contributed by atoms with Crippen molar-refractivity contribution in [2.45, 2.75) is 52.1 Å². The van der Waals surface area contributed by atoms with Crippen molar-refractivity contribution in [3.63, 3.8) is 0 Å². The lowest BCUT2D eigenvalue weighted by molar-refractivity contribution is 0.130. The first-order valence-electron chi connectivity index (χ1n) is 4.40. The van der Waals surface area contributed by atoms with E-state index in [1.54, 1.807) is 0 Å². The molecule has 1 aliphatic rings. The largest absolute Gasteiger partial charge is 0.393 e. The van der Waals surface area contributed by atoms with Gasteiger partial charge in [0.25, 0.3) is 0 Å². The van der Waals surface area contributed by atoms with E-state index in [9.17, 15) is 5.11 Å². The molecule has 0 spiro atoms. The van der Waals surface area contributed by atoms with Crippen LogP contribution in [0, 0.1) is 5.41 Å². The van der Waals surface area contributed by atoms with Crippen LogP contribution in [0.15, 0.2) is 0 Å². The number of rotatable bonds is 4. The predicted molar refractivity (Wildman–Crippen MR) is 42.9 cm³/mol. The third-order valence-corrected chi connectivity index (χ3v) is 2.85. The Hall–Kier alpha value is -0.0400. The Morgan fingerprint density at radius 1 is 1.40 bits per heavy atom. The lowest BCUT2D eigenvalue weighted by Crippen LogP contribution is -2.12. The first kappa shape index (κ1) is 8.06. The summed E-state index contributed by atoms with van der Waals surface area (Å²) in [5.74, 6) is 0. The fourth-order valence-corrected chi connectivity index (χ4v) is 1.52. The third-order valence-electron chi connectivity index (χ3n) is 2.85. The summed E-state index contributed by atoms with van der Waals surface area (Å²) in [6, 6.07) is 0. The van der Waals surface area contributed by atoms with E-state index in [1.165, 1.54) is 19.3 Å². The highest BCUT2D eigenvalue weighted by Crippen LogP contribution is 2.52. The van der Waals surface area contributed by atoms with E-state index < -0.39 is 0 Å². The van der Waals surface area contributed by atoms with E-state index >= 15 is 0 Å². The molecule has 0 aromatic rings. The molecular weight excluding hydrogens is 124 g/mol. The Bertz CT molecular complexity index is 105. The van der Waals surface area contributed by atoms with Gasteiger partial charge < -0.3 is 5.11 Å². The third kappa shape index (κ3) is 1.72. The summed E-state index contributed by atoms with van der Waals surface area (Å²) < 4.78 is 0. The van der Waals surface area contributed by atoms with E-state index in [1.807, 2.05) is 0 Å². The number of hydrogen-bond acceptors (Lipinski definition) is 1. The Kier molecular flexibility index (Phi) is 2.35. The zero-order valence-corrected chi connectivity index (χ0v) is 7.06. The van der Waals surface area contributed by atoms with Crippen molar-refractivity contribution in [3.05, 3.63) is 0 Å². The second-order valence-corrected chi connectivity index (χ2v) is 3.62. The smallest absolute Gasteiger partial charge is 0.0543 e. The molecule has 0 radical (unpaired) electrons. The Morgan fingerprint density at radius 2 is 2.00 bits per heavy atom. The van der Waals surface area contributed by atoms with Crippen LogP contribution in [0.4, 0.5) is 0 Å². The van der Waals surface area contributed by atoms with Crippen LogP contribution in [0.5, 0.6) is 0 Å². The highest BCUT2D eigenvalue weighted by atomic mass is 16.3. The molecule has 1 saturated carbocycles. The standard InChI is InChI=1S/C9H18O/c1-3-8(10)7-9(4-2)5-6-9/h8,10H,3-7H2,1-2H3. The van der Waals surface area contributed by atoms with Gasteiger partial charge in [-0.25, -0.2) is 0 Å².